The minimum atomic E-state index is -0.631. The van der Waals surface area contributed by atoms with Crippen molar-refractivity contribution in [1.29, 1.82) is 0 Å². The minimum Gasteiger partial charge on any atom is -0.481 e. The summed E-state index contributed by atoms with van der Waals surface area (Å²) in [4.78, 5) is 10.7. The van der Waals surface area contributed by atoms with Gasteiger partial charge in [-0.1, -0.05) is 13.3 Å². The van der Waals surface area contributed by atoms with E-state index in [0.29, 0.717) is 18.3 Å². The first-order valence-corrected chi connectivity index (χ1v) is 6.69. The molecule has 1 rings (SSSR count). The SMILES string of the molecule is CCC(CC(=O)O)C1CCCSCC1. The summed E-state index contributed by atoms with van der Waals surface area (Å²) in [6.07, 6.45) is 5.11. The van der Waals surface area contributed by atoms with Gasteiger partial charge in [0.1, 0.15) is 0 Å². The zero-order chi connectivity index (χ0) is 10.4. The molecular formula is C11H20O2S. The second kappa shape index (κ2) is 6.33. The van der Waals surface area contributed by atoms with Crippen LogP contribution in [0.25, 0.3) is 0 Å². The molecule has 2 atom stereocenters. The monoisotopic (exact) mass is 216 g/mol. The molecule has 1 N–H and O–H groups in total. The van der Waals surface area contributed by atoms with E-state index in [1.165, 1.54) is 30.8 Å². The van der Waals surface area contributed by atoms with Gasteiger partial charge in [-0.25, -0.2) is 0 Å². The predicted octanol–water partition coefficient (Wildman–Crippen LogP) is 3.02. The molecule has 1 aliphatic rings. The highest BCUT2D eigenvalue weighted by Gasteiger charge is 2.23. The van der Waals surface area contributed by atoms with Crippen molar-refractivity contribution in [3.63, 3.8) is 0 Å². The Balaban J connectivity index is 2.44. The summed E-state index contributed by atoms with van der Waals surface area (Å²) in [6, 6.07) is 0. The van der Waals surface area contributed by atoms with Crippen LogP contribution in [0.3, 0.4) is 0 Å². The molecule has 0 amide bonds. The number of rotatable bonds is 4. The fourth-order valence-corrected chi connectivity index (χ4v) is 3.31. The van der Waals surface area contributed by atoms with Crippen LogP contribution in [-0.4, -0.2) is 22.6 Å². The van der Waals surface area contributed by atoms with E-state index in [2.05, 4.69) is 6.92 Å². The summed E-state index contributed by atoms with van der Waals surface area (Å²) >= 11 is 2.02. The van der Waals surface area contributed by atoms with Gasteiger partial charge < -0.3 is 5.11 Å². The van der Waals surface area contributed by atoms with Gasteiger partial charge in [-0.05, 0) is 42.6 Å². The van der Waals surface area contributed by atoms with Crippen LogP contribution in [0, 0.1) is 11.8 Å². The highest BCUT2D eigenvalue weighted by Crippen LogP contribution is 2.31. The third-order valence-corrected chi connectivity index (χ3v) is 4.23. The van der Waals surface area contributed by atoms with Crippen LogP contribution in [0.2, 0.25) is 0 Å². The van der Waals surface area contributed by atoms with Crippen LogP contribution in [0.5, 0.6) is 0 Å². The Morgan fingerprint density at radius 1 is 1.50 bits per heavy atom. The first kappa shape index (κ1) is 11.9. The largest absolute Gasteiger partial charge is 0.481 e. The highest BCUT2D eigenvalue weighted by atomic mass is 32.2. The van der Waals surface area contributed by atoms with Crippen LogP contribution in [0.4, 0.5) is 0 Å². The fourth-order valence-electron chi connectivity index (χ4n) is 2.27. The van der Waals surface area contributed by atoms with Crippen LogP contribution < -0.4 is 0 Å². The molecule has 0 aromatic heterocycles. The maximum Gasteiger partial charge on any atom is 0.303 e. The van der Waals surface area contributed by atoms with Crippen molar-refractivity contribution in [2.75, 3.05) is 11.5 Å². The van der Waals surface area contributed by atoms with Crippen LogP contribution in [0.1, 0.15) is 39.0 Å². The molecule has 0 aromatic carbocycles. The Morgan fingerprint density at radius 3 is 2.93 bits per heavy atom. The number of hydrogen-bond acceptors (Lipinski definition) is 2. The molecule has 0 aliphatic carbocycles. The van der Waals surface area contributed by atoms with Crippen LogP contribution >= 0.6 is 11.8 Å². The molecule has 1 aliphatic heterocycles. The molecule has 2 unspecified atom stereocenters. The Hall–Kier alpha value is -0.180. The van der Waals surface area contributed by atoms with Gasteiger partial charge in [-0.3, -0.25) is 4.79 Å². The molecule has 3 heteroatoms. The van der Waals surface area contributed by atoms with E-state index in [1.807, 2.05) is 11.8 Å². The fraction of sp³-hybridized carbons (Fsp3) is 0.909. The Morgan fingerprint density at radius 2 is 2.29 bits per heavy atom. The Kier molecular flexibility index (Phi) is 5.38. The van der Waals surface area contributed by atoms with Crippen molar-refractivity contribution in [1.82, 2.24) is 0 Å². The molecule has 0 saturated carbocycles. The zero-order valence-corrected chi connectivity index (χ0v) is 9.68. The van der Waals surface area contributed by atoms with Crippen LogP contribution in [-0.2, 0) is 4.79 Å². The van der Waals surface area contributed by atoms with Gasteiger partial charge in [0.15, 0.2) is 0 Å². The van der Waals surface area contributed by atoms with E-state index in [4.69, 9.17) is 5.11 Å². The first-order chi connectivity index (χ1) is 6.74. The molecular weight excluding hydrogens is 196 g/mol. The molecule has 1 fully saturated rings. The molecule has 0 bridgehead atoms. The summed E-state index contributed by atoms with van der Waals surface area (Å²) in [5, 5.41) is 8.81. The van der Waals surface area contributed by atoms with Gasteiger partial charge in [-0.2, -0.15) is 11.8 Å². The van der Waals surface area contributed by atoms with Gasteiger partial charge in [0.25, 0.3) is 0 Å². The molecule has 1 heterocycles. The Labute approximate surface area is 90.5 Å². The second-order valence-corrected chi connectivity index (χ2v) is 5.29. The lowest BCUT2D eigenvalue weighted by atomic mass is 9.82. The molecule has 0 aromatic rings. The smallest absolute Gasteiger partial charge is 0.303 e. The first-order valence-electron chi connectivity index (χ1n) is 5.53. The lowest BCUT2D eigenvalue weighted by Crippen LogP contribution is -2.18. The van der Waals surface area contributed by atoms with Crippen molar-refractivity contribution in [2.24, 2.45) is 11.8 Å². The quantitative estimate of drug-likeness (QED) is 0.785. The average molecular weight is 216 g/mol. The summed E-state index contributed by atoms with van der Waals surface area (Å²) in [5.74, 6) is 2.92. The summed E-state index contributed by atoms with van der Waals surface area (Å²) in [6.45, 7) is 2.12. The van der Waals surface area contributed by atoms with Crippen molar-refractivity contribution >= 4 is 17.7 Å². The molecule has 2 nitrogen and oxygen atoms in total. The maximum absolute atomic E-state index is 10.7. The van der Waals surface area contributed by atoms with Gasteiger partial charge in [0.2, 0.25) is 0 Å². The van der Waals surface area contributed by atoms with Crippen molar-refractivity contribution in [2.45, 2.75) is 39.0 Å². The van der Waals surface area contributed by atoms with E-state index >= 15 is 0 Å². The van der Waals surface area contributed by atoms with E-state index in [0.717, 1.165) is 6.42 Å². The van der Waals surface area contributed by atoms with Crippen molar-refractivity contribution in [3.05, 3.63) is 0 Å². The van der Waals surface area contributed by atoms with Gasteiger partial charge in [0, 0.05) is 6.42 Å². The normalized spacial score (nSPS) is 25.4. The van der Waals surface area contributed by atoms with Gasteiger partial charge in [0.05, 0.1) is 0 Å². The van der Waals surface area contributed by atoms with E-state index in [-0.39, 0.29) is 0 Å². The summed E-state index contributed by atoms with van der Waals surface area (Å²) in [7, 11) is 0. The number of carbonyl (C=O) groups is 1. The number of aliphatic carboxylic acids is 1. The number of thioether (sulfide) groups is 1. The highest BCUT2D eigenvalue weighted by molar-refractivity contribution is 7.99. The topological polar surface area (TPSA) is 37.3 Å². The minimum absolute atomic E-state index is 0.367. The average Bonchev–Trinajstić information content (AvgIpc) is 2.41. The molecule has 0 spiro atoms. The third kappa shape index (κ3) is 3.91. The standard InChI is InChI=1S/C11H20O2S/c1-2-9(8-11(12)13)10-4-3-6-14-7-5-10/h9-10H,2-8H2,1H3,(H,12,13). The summed E-state index contributed by atoms with van der Waals surface area (Å²) < 4.78 is 0. The van der Waals surface area contributed by atoms with E-state index in [9.17, 15) is 4.79 Å². The lowest BCUT2D eigenvalue weighted by Gasteiger charge is -2.23. The summed E-state index contributed by atoms with van der Waals surface area (Å²) in [5.41, 5.74) is 0. The predicted molar refractivity (Wildman–Crippen MR) is 60.7 cm³/mol. The second-order valence-electron chi connectivity index (χ2n) is 4.07. The third-order valence-electron chi connectivity index (χ3n) is 3.12. The Bertz CT molecular complexity index is 174. The van der Waals surface area contributed by atoms with E-state index in [1.54, 1.807) is 0 Å². The van der Waals surface area contributed by atoms with Crippen LogP contribution in [0.15, 0.2) is 0 Å². The van der Waals surface area contributed by atoms with Gasteiger partial charge >= 0.3 is 5.97 Å². The molecule has 14 heavy (non-hydrogen) atoms. The number of carboxylic acids is 1. The number of carboxylic acid groups (broad SMARTS) is 1. The van der Waals surface area contributed by atoms with Crippen molar-refractivity contribution < 1.29 is 9.90 Å². The lowest BCUT2D eigenvalue weighted by molar-refractivity contribution is -0.138. The zero-order valence-electron chi connectivity index (χ0n) is 8.87. The number of hydrogen-bond donors (Lipinski definition) is 1. The van der Waals surface area contributed by atoms with Crippen molar-refractivity contribution in [3.8, 4) is 0 Å². The van der Waals surface area contributed by atoms with Gasteiger partial charge in [-0.15, -0.1) is 0 Å². The molecule has 82 valence electrons. The van der Waals surface area contributed by atoms with E-state index < -0.39 is 5.97 Å². The molecule has 0 radical (unpaired) electrons. The molecule has 1 saturated heterocycles. The maximum atomic E-state index is 10.7.